The Morgan fingerprint density at radius 3 is 2.53 bits per heavy atom. The lowest BCUT2D eigenvalue weighted by molar-refractivity contribution is 0.0602. The molecular weight excluding hydrogens is 408 g/mol. The molecule has 0 spiro atoms. The minimum Gasteiger partial charge on any atom is -0.493 e. The van der Waals surface area contributed by atoms with Gasteiger partial charge in [0, 0.05) is 19.6 Å². The molecule has 1 heterocycles. The van der Waals surface area contributed by atoms with Gasteiger partial charge in [-0.2, -0.15) is 0 Å². The predicted octanol–water partition coefficient (Wildman–Crippen LogP) is 2.38. The third-order valence-corrected chi connectivity index (χ3v) is 6.12. The van der Waals surface area contributed by atoms with Crippen molar-refractivity contribution in [1.82, 2.24) is 4.90 Å². The number of anilines is 1. The summed E-state index contributed by atoms with van der Waals surface area (Å²) in [6.45, 7) is 1.74. The van der Waals surface area contributed by atoms with Crippen LogP contribution in [0.3, 0.4) is 0 Å². The second-order valence-electron chi connectivity index (χ2n) is 6.94. The zero-order valence-corrected chi connectivity index (χ0v) is 17.9. The Kier molecular flexibility index (Phi) is 7.17. The van der Waals surface area contributed by atoms with Crippen LogP contribution in [0.15, 0.2) is 48.5 Å². The summed E-state index contributed by atoms with van der Waals surface area (Å²) in [5.74, 6) is 0.667. The molecule has 1 aliphatic rings. The molecule has 0 aliphatic carbocycles. The Bertz CT molecular complexity index is 979. The lowest BCUT2D eigenvalue weighted by Gasteiger charge is -2.18. The molecule has 1 atom stereocenters. The van der Waals surface area contributed by atoms with Crippen LogP contribution in [0.25, 0.3) is 0 Å². The van der Waals surface area contributed by atoms with Gasteiger partial charge in [0.15, 0.2) is 11.5 Å². The van der Waals surface area contributed by atoms with Gasteiger partial charge in [-0.3, -0.25) is 9.62 Å². The van der Waals surface area contributed by atoms with Gasteiger partial charge in [0.25, 0.3) is 0 Å². The maximum absolute atomic E-state index is 12.5. The number of nitrogens with one attached hydrogen (secondary N) is 1. The van der Waals surface area contributed by atoms with Gasteiger partial charge < -0.3 is 14.2 Å². The smallest absolute Gasteiger partial charge is 0.339 e. The van der Waals surface area contributed by atoms with Gasteiger partial charge in [0.2, 0.25) is 10.0 Å². The number of para-hydroxylation sites is 3. The Balaban J connectivity index is 1.54. The Morgan fingerprint density at radius 1 is 1.10 bits per heavy atom. The van der Waals surface area contributed by atoms with Crippen LogP contribution in [0.5, 0.6) is 11.5 Å². The van der Waals surface area contributed by atoms with Gasteiger partial charge in [0.1, 0.15) is 6.10 Å². The van der Waals surface area contributed by atoms with E-state index in [4.69, 9.17) is 14.2 Å². The van der Waals surface area contributed by atoms with Gasteiger partial charge in [-0.15, -0.1) is 0 Å². The van der Waals surface area contributed by atoms with Crippen molar-refractivity contribution in [3.63, 3.8) is 0 Å². The third-order valence-electron chi connectivity index (χ3n) is 4.87. The standard InChI is InChI=1S/C21H26N2O6S/c1-27-19-9-5-6-10-20(19)29-16-11-12-23(15-16)13-14-30(25,26)22-18-8-4-3-7-17(18)21(24)28-2/h3-10,16,22H,11-15H2,1-2H3. The topological polar surface area (TPSA) is 94.2 Å². The summed E-state index contributed by atoms with van der Waals surface area (Å²) >= 11 is 0. The fraction of sp³-hybridized carbons (Fsp3) is 0.381. The molecule has 1 unspecified atom stereocenters. The lowest BCUT2D eigenvalue weighted by Crippen LogP contribution is -2.31. The monoisotopic (exact) mass is 434 g/mol. The Labute approximate surface area is 176 Å². The first-order valence-corrected chi connectivity index (χ1v) is 11.3. The van der Waals surface area contributed by atoms with Crippen LogP contribution >= 0.6 is 0 Å². The molecule has 1 saturated heterocycles. The van der Waals surface area contributed by atoms with Crippen molar-refractivity contribution in [3.05, 3.63) is 54.1 Å². The maximum atomic E-state index is 12.5. The summed E-state index contributed by atoms with van der Waals surface area (Å²) in [5, 5.41) is 0. The normalized spacial score (nSPS) is 16.8. The summed E-state index contributed by atoms with van der Waals surface area (Å²) in [7, 11) is -0.783. The molecule has 0 aromatic heterocycles. The molecule has 0 saturated carbocycles. The van der Waals surface area contributed by atoms with Crippen LogP contribution in [0, 0.1) is 0 Å². The minimum atomic E-state index is -3.63. The van der Waals surface area contributed by atoms with Crippen molar-refractivity contribution in [3.8, 4) is 11.5 Å². The largest absolute Gasteiger partial charge is 0.493 e. The average Bonchev–Trinajstić information content (AvgIpc) is 3.20. The molecule has 2 aromatic carbocycles. The van der Waals surface area contributed by atoms with Crippen molar-refractivity contribution in [2.24, 2.45) is 0 Å². The SMILES string of the molecule is COC(=O)c1ccccc1NS(=O)(=O)CCN1CCC(Oc2ccccc2OC)C1. The van der Waals surface area contributed by atoms with Crippen molar-refractivity contribution in [2.75, 3.05) is 44.3 Å². The molecular formula is C21H26N2O6S. The van der Waals surface area contributed by atoms with E-state index in [0.29, 0.717) is 24.6 Å². The number of esters is 1. The number of sulfonamides is 1. The number of carbonyl (C=O) groups excluding carboxylic acids is 1. The van der Waals surface area contributed by atoms with Gasteiger partial charge in [-0.05, 0) is 30.7 Å². The molecule has 9 heteroatoms. The second kappa shape index (κ2) is 9.82. The van der Waals surface area contributed by atoms with Gasteiger partial charge in [0.05, 0.1) is 31.2 Å². The van der Waals surface area contributed by atoms with E-state index in [2.05, 4.69) is 4.72 Å². The van der Waals surface area contributed by atoms with E-state index in [9.17, 15) is 13.2 Å². The molecule has 30 heavy (non-hydrogen) atoms. The summed E-state index contributed by atoms with van der Waals surface area (Å²) in [6.07, 6.45) is 0.772. The van der Waals surface area contributed by atoms with Crippen LogP contribution in [0.1, 0.15) is 16.8 Å². The average molecular weight is 435 g/mol. The summed E-state index contributed by atoms with van der Waals surface area (Å²) in [5.41, 5.74) is 0.387. The van der Waals surface area contributed by atoms with E-state index in [1.54, 1.807) is 19.2 Å². The number of rotatable bonds is 9. The van der Waals surface area contributed by atoms with E-state index < -0.39 is 16.0 Å². The maximum Gasteiger partial charge on any atom is 0.339 e. The summed E-state index contributed by atoms with van der Waals surface area (Å²) < 4.78 is 43.6. The molecule has 1 aliphatic heterocycles. The van der Waals surface area contributed by atoms with Crippen LogP contribution in [-0.4, -0.2) is 65.0 Å². The first-order valence-electron chi connectivity index (χ1n) is 9.61. The highest BCUT2D eigenvalue weighted by Gasteiger charge is 2.26. The Hall–Kier alpha value is -2.78. The van der Waals surface area contributed by atoms with Crippen molar-refractivity contribution < 1.29 is 27.4 Å². The molecule has 0 bridgehead atoms. The molecule has 1 N–H and O–H groups in total. The number of nitrogens with zero attached hydrogens (tertiary/aromatic N) is 1. The number of ether oxygens (including phenoxy) is 3. The zero-order valence-electron chi connectivity index (χ0n) is 17.0. The quantitative estimate of drug-likeness (QED) is 0.606. The van der Waals surface area contributed by atoms with Crippen LogP contribution in [0.4, 0.5) is 5.69 Å². The molecule has 3 rings (SSSR count). The van der Waals surface area contributed by atoms with Crippen molar-refractivity contribution >= 4 is 21.7 Å². The van der Waals surface area contributed by atoms with Crippen LogP contribution in [-0.2, 0) is 14.8 Å². The van der Waals surface area contributed by atoms with Gasteiger partial charge in [-0.25, -0.2) is 13.2 Å². The number of hydrogen-bond donors (Lipinski definition) is 1. The lowest BCUT2D eigenvalue weighted by atomic mass is 10.2. The Morgan fingerprint density at radius 2 is 1.80 bits per heavy atom. The number of hydrogen-bond acceptors (Lipinski definition) is 7. The first-order chi connectivity index (χ1) is 14.4. The molecule has 1 fully saturated rings. The number of methoxy groups -OCH3 is 2. The van der Waals surface area contributed by atoms with E-state index in [0.717, 1.165) is 13.0 Å². The van der Waals surface area contributed by atoms with Crippen LogP contribution in [0.2, 0.25) is 0 Å². The summed E-state index contributed by atoms with van der Waals surface area (Å²) in [6, 6.07) is 13.8. The molecule has 0 radical (unpaired) electrons. The molecule has 2 aromatic rings. The minimum absolute atomic E-state index is 0.0305. The fourth-order valence-corrected chi connectivity index (χ4v) is 4.43. The van der Waals surface area contributed by atoms with Gasteiger partial charge >= 0.3 is 5.97 Å². The zero-order chi connectivity index (χ0) is 21.6. The third kappa shape index (κ3) is 5.64. The van der Waals surface area contributed by atoms with E-state index in [-0.39, 0.29) is 23.1 Å². The van der Waals surface area contributed by atoms with E-state index in [1.165, 1.54) is 19.2 Å². The highest BCUT2D eigenvalue weighted by molar-refractivity contribution is 7.92. The number of carbonyl (C=O) groups is 1. The van der Waals surface area contributed by atoms with E-state index in [1.807, 2.05) is 29.2 Å². The number of likely N-dealkylation sites (tertiary alicyclic amines) is 1. The molecule has 162 valence electrons. The van der Waals surface area contributed by atoms with Crippen molar-refractivity contribution in [1.29, 1.82) is 0 Å². The van der Waals surface area contributed by atoms with E-state index >= 15 is 0 Å². The van der Waals surface area contributed by atoms with Crippen LogP contribution < -0.4 is 14.2 Å². The number of benzene rings is 2. The second-order valence-corrected chi connectivity index (χ2v) is 8.78. The molecule has 8 nitrogen and oxygen atoms in total. The van der Waals surface area contributed by atoms with Gasteiger partial charge in [-0.1, -0.05) is 24.3 Å². The summed E-state index contributed by atoms with van der Waals surface area (Å²) in [4.78, 5) is 13.9. The molecule has 0 amide bonds. The highest BCUT2D eigenvalue weighted by atomic mass is 32.2. The fourth-order valence-electron chi connectivity index (χ4n) is 3.32. The first kappa shape index (κ1) is 21.9. The van der Waals surface area contributed by atoms with Crippen molar-refractivity contribution in [2.45, 2.75) is 12.5 Å². The predicted molar refractivity (Wildman–Crippen MR) is 114 cm³/mol. The highest BCUT2D eigenvalue weighted by Crippen LogP contribution is 2.28.